The standard InChI is InChI=1S/C18H29N5O7/c1-6-23(7-2)16(26)15(29-10(4)25)14-13(21-9(3)24)11(22-18(19)20)8-12(30-14)17(27)28-5/h8,11,13-15H,6-7H2,1-5H3,(H,21,24)(H4,19,20,22)/t11-,13+,14+,15-/m0/s1. The van der Waals surface area contributed by atoms with Crippen molar-refractivity contribution in [3.8, 4) is 0 Å². The minimum atomic E-state index is -1.48. The Labute approximate surface area is 174 Å². The summed E-state index contributed by atoms with van der Waals surface area (Å²) >= 11 is 0. The van der Waals surface area contributed by atoms with Crippen molar-refractivity contribution in [1.29, 1.82) is 0 Å². The summed E-state index contributed by atoms with van der Waals surface area (Å²) in [6.45, 7) is 6.55. The summed E-state index contributed by atoms with van der Waals surface area (Å²) in [5.41, 5.74) is 11.0. The number of nitrogens with zero attached hydrogens (tertiary/aromatic N) is 2. The van der Waals surface area contributed by atoms with Gasteiger partial charge >= 0.3 is 11.9 Å². The molecule has 0 saturated carbocycles. The van der Waals surface area contributed by atoms with E-state index in [1.165, 1.54) is 17.9 Å². The van der Waals surface area contributed by atoms with Crippen LogP contribution in [0.4, 0.5) is 0 Å². The highest BCUT2D eigenvalue weighted by Crippen LogP contribution is 2.26. The number of nitrogens with two attached hydrogens (primary N) is 2. The predicted octanol–water partition coefficient (Wildman–Crippen LogP) is -1.61. The van der Waals surface area contributed by atoms with Gasteiger partial charge in [0.2, 0.25) is 17.8 Å². The lowest BCUT2D eigenvalue weighted by atomic mass is 9.93. The molecule has 0 saturated heterocycles. The second-order valence-electron chi connectivity index (χ2n) is 6.42. The van der Waals surface area contributed by atoms with Gasteiger partial charge in [0.05, 0.1) is 19.2 Å². The molecule has 1 aliphatic rings. The third-order valence-corrected chi connectivity index (χ3v) is 4.27. The van der Waals surface area contributed by atoms with Gasteiger partial charge in [0, 0.05) is 26.9 Å². The average Bonchev–Trinajstić information content (AvgIpc) is 2.66. The summed E-state index contributed by atoms with van der Waals surface area (Å²) in [7, 11) is 1.14. The second-order valence-corrected chi connectivity index (χ2v) is 6.42. The van der Waals surface area contributed by atoms with E-state index in [-0.39, 0.29) is 11.7 Å². The maximum atomic E-state index is 13.1. The fourth-order valence-electron chi connectivity index (χ4n) is 3.02. The number of hydrogen-bond acceptors (Lipinski definition) is 8. The maximum Gasteiger partial charge on any atom is 0.373 e. The lowest BCUT2D eigenvalue weighted by Gasteiger charge is -2.39. The maximum absolute atomic E-state index is 13.1. The molecule has 0 aromatic carbocycles. The Balaban J connectivity index is 3.57. The summed E-state index contributed by atoms with van der Waals surface area (Å²) in [4.78, 5) is 54.2. The van der Waals surface area contributed by atoms with E-state index < -0.39 is 48.0 Å². The largest absolute Gasteiger partial charge is 0.477 e. The number of guanidine groups is 1. The Morgan fingerprint density at radius 1 is 1.23 bits per heavy atom. The molecule has 0 aliphatic carbocycles. The molecule has 1 aliphatic heterocycles. The number of rotatable bonds is 8. The van der Waals surface area contributed by atoms with Crippen molar-refractivity contribution in [2.24, 2.45) is 16.5 Å². The van der Waals surface area contributed by atoms with Crippen molar-refractivity contribution in [3.05, 3.63) is 11.8 Å². The monoisotopic (exact) mass is 427 g/mol. The Morgan fingerprint density at radius 3 is 2.27 bits per heavy atom. The summed E-state index contributed by atoms with van der Waals surface area (Å²) in [6, 6.07) is -2.02. The first-order valence-corrected chi connectivity index (χ1v) is 9.34. The Kier molecular flexibility index (Phi) is 9.09. The van der Waals surface area contributed by atoms with Crippen LogP contribution in [-0.2, 0) is 33.4 Å². The molecule has 0 bridgehead atoms. The van der Waals surface area contributed by atoms with Crippen LogP contribution >= 0.6 is 0 Å². The van der Waals surface area contributed by atoms with Gasteiger partial charge in [-0.2, -0.15) is 0 Å². The zero-order valence-electron chi connectivity index (χ0n) is 17.7. The number of nitrogens with one attached hydrogen (secondary N) is 1. The van der Waals surface area contributed by atoms with E-state index in [0.717, 1.165) is 14.0 Å². The van der Waals surface area contributed by atoms with Gasteiger partial charge in [-0.1, -0.05) is 0 Å². The molecule has 5 N–H and O–H groups in total. The SMILES string of the molecule is CCN(CC)C(=O)[C@@H](OC(C)=O)[C@@H]1OC(C(=O)OC)=C[C@H](N=C(N)N)[C@H]1NC(C)=O. The van der Waals surface area contributed by atoms with E-state index >= 15 is 0 Å². The third kappa shape index (κ3) is 6.36. The number of carbonyl (C=O) groups excluding carboxylic acids is 4. The molecule has 0 fully saturated rings. The molecule has 0 spiro atoms. The zero-order chi connectivity index (χ0) is 23.0. The molecule has 2 amide bonds. The predicted molar refractivity (Wildman–Crippen MR) is 106 cm³/mol. The number of methoxy groups -OCH3 is 1. The molecule has 168 valence electrons. The van der Waals surface area contributed by atoms with Crippen LogP contribution in [0, 0.1) is 0 Å². The second kappa shape index (κ2) is 11.0. The minimum Gasteiger partial charge on any atom is -0.477 e. The number of aliphatic imine (C=N–C) groups is 1. The number of esters is 2. The molecule has 0 aromatic heterocycles. The van der Waals surface area contributed by atoms with E-state index in [2.05, 4.69) is 15.0 Å². The van der Waals surface area contributed by atoms with Crippen molar-refractivity contribution < 1.29 is 33.4 Å². The molecule has 4 atom stereocenters. The molecular formula is C18H29N5O7. The van der Waals surface area contributed by atoms with Gasteiger partial charge in [-0.25, -0.2) is 9.79 Å². The van der Waals surface area contributed by atoms with E-state index in [0.29, 0.717) is 13.1 Å². The van der Waals surface area contributed by atoms with E-state index in [1.54, 1.807) is 13.8 Å². The number of hydrogen-bond donors (Lipinski definition) is 3. The number of likely N-dealkylation sites (N-methyl/N-ethyl adjacent to an activating group) is 1. The molecule has 12 nitrogen and oxygen atoms in total. The van der Waals surface area contributed by atoms with Crippen molar-refractivity contribution in [2.45, 2.75) is 52.0 Å². The van der Waals surface area contributed by atoms with Crippen LogP contribution in [0.25, 0.3) is 0 Å². The molecule has 0 radical (unpaired) electrons. The topological polar surface area (TPSA) is 176 Å². The summed E-state index contributed by atoms with van der Waals surface area (Å²) < 4.78 is 15.6. The highest BCUT2D eigenvalue weighted by Gasteiger charge is 2.47. The molecular weight excluding hydrogens is 398 g/mol. The lowest BCUT2D eigenvalue weighted by Crippen LogP contribution is -2.61. The van der Waals surface area contributed by atoms with Gasteiger partial charge in [-0.15, -0.1) is 0 Å². The first-order valence-electron chi connectivity index (χ1n) is 9.34. The van der Waals surface area contributed by atoms with Crippen LogP contribution in [0.1, 0.15) is 27.7 Å². The number of ether oxygens (including phenoxy) is 3. The first-order chi connectivity index (χ1) is 14.0. The molecule has 0 aromatic rings. The van der Waals surface area contributed by atoms with Gasteiger partial charge in [0.25, 0.3) is 5.91 Å². The van der Waals surface area contributed by atoms with E-state index in [1.807, 2.05) is 0 Å². The molecule has 1 rings (SSSR count). The molecule has 1 heterocycles. The normalized spacial score (nSPS) is 21.2. The summed E-state index contributed by atoms with van der Waals surface area (Å²) in [5.74, 6) is -3.26. The molecule has 12 heteroatoms. The van der Waals surface area contributed by atoms with Gasteiger partial charge in [0.15, 0.2) is 12.1 Å². The highest BCUT2D eigenvalue weighted by molar-refractivity contribution is 5.88. The minimum absolute atomic E-state index is 0.288. The Bertz CT molecular complexity index is 728. The van der Waals surface area contributed by atoms with Gasteiger partial charge in [0.1, 0.15) is 0 Å². The van der Waals surface area contributed by atoms with E-state index in [4.69, 9.17) is 20.9 Å². The van der Waals surface area contributed by atoms with Crippen molar-refractivity contribution in [1.82, 2.24) is 10.2 Å². The molecule has 0 unspecified atom stereocenters. The van der Waals surface area contributed by atoms with Crippen LogP contribution in [0.2, 0.25) is 0 Å². The Morgan fingerprint density at radius 2 is 1.83 bits per heavy atom. The Hall–Kier alpha value is -3.31. The van der Waals surface area contributed by atoms with Crippen LogP contribution in [0.5, 0.6) is 0 Å². The fraction of sp³-hybridized carbons (Fsp3) is 0.611. The van der Waals surface area contributed by atoms with Crippen LogP contribution < -0.4 is 16.8 Å². The fourth-order valence-corrected chi connectivity index (χ4v) is 3.02. The van der Waals surface area contributed by atoms with Crippen molar-refractivity contribution in [3.63, 3.8) is 0 Å². The first kappa shape index (κ1) is 24.7. The van der Waals surface area contributed by atoms with Crippen LogP contribution in [0.15, 0.2) is 16.8 Å². The summed E-state index contributed by atoms with van der Waals surface area (Å²) in [5, 5.41) is 2.61. The third-order valence-electron chi connectivity index (χ3n) is 4.27. The van der Waals surface area contributed by atoms with Crippen molar-refractivity contribution in [2.75, 3.05) is 20.2 Å². The quantitative estimate of drug-likeness (QED) is 0.234. The lowest BCUT2D eigenvalue weighted by molar-refractivity contribution is -0.171. The summed E-state index contributed by atoms with van der Waals surface area (Å²) in [6.07, 6.45) is -1.53. The zero-order valence-corrected chi connectivity index (χ0v) is 17.7. The van der Waals surface area contributed by atoms with E-state index in [9.17, 15) is 19.2 Å². The van der Waals surface area contributed by atoms with Crippen LogP contribution in [0.3, 0.4) is 0 Å². The number of amides is 2. The van der Waals surface area contributed by atoms with Crippen LogP contribution in [-0.4, -0.2) is 79.1 Å². The van der Waals surface area contributed by atoms with Crippen molar-refractivity contribution >= 4 is 29.7 Å². The smallest absolute Gasteiger partial charge is 0.373 e. The van der Waals surface area contributed by atoms with Gasteiger partial charge in [-0.3, -0.25) is 14.4 Å². The average molecular weight is 427 g/mol. The molecule has 30 heavy (non-hydrogen) atoms. The van der Waals surface area contributed by atoms with Gasteiger partial charge < -0.3 is 35.9 Å². The number of carbonyl (C=O) groups is 4. The highest BCUT2D eigenvalue weighted by atomic mass is 16.6. The van der Waals surface area contributed by atoms with Gasteiger partial charge in [-0.05, 0) is 19.9 Å².